The lowest BCUT2D eigenvalue weighted by atomic mass is 9.12. The number of carbonyl (C=O) groups is 1. The van der Waals surface area contributed by atoms with Crippen molar-refractivity contribution in [2.75, 3.05) is 0 Å². The molecule has 0 aliphatic heterocycles. The fourth-order valence-electron chi connectivity index (χ4n) is 7.06. The molecule has 1 heterocycles. The largest absolute Gasteiger partial charge is 0.287 e. The summed E-state index contributed by atoms with van der Waals surface area (Å²) in [6.07, 6.45) is -3.57. The van der Waals surface area contributed by atoms with E-state index in [2.05, 4.69) is 0 Å². The van der Waals surface area contributed by atoms with Gasteiger partial charge in [0.05, 0.1) is 0 Å². The first-order valence-corrected chi connectivity index (χ1v) is 17.3. The van der Waals surface area contributed by atoms with Crippen molar-refractivity contribution in [2.45, 2.75) is 6.54 Å². The number of fused-ring (bicyclic) bond motifs is 1. The second-order valence-electron chi connectivity index (χ2n) is 13.5. The number of halogens is 21. The first-order chi connectivity index (χ1) is 30.4. The zero-order valence-electron chi connectivity index (χ0n) is 30.9. The third-order valence-corrected chi connectivity index (χ3v) is 9.93. The van der Waals surface area contributed by atoms with E-state index in [-0.39, 0.29) is 18.1 Å². The smallest absolute Gasteiger partial charge is 0.227 e. The van der Waals surface area contributed by atoms with Gasteiger partial charge in [-0.2, -0.15) is 4.57 Å². The van der Waals surface area contributed by atoms with Crippen LogP contribution in [0.1, 0.15) is 10.4 Å². The van der Waals surface area contributed by atoms with Crippen LogP contribution in [0.4, 0.5) is 92.2 Å². The first kappa shape index (κ1) is 47.5. The summed E-state index contributed by atoms with van der Waals surface area (Å²) in [4.78, 5) is 12.1. The number of aromatic nitrogens is 1. The molecule has 6 aromatic carbocycles. The van der Waals surface area contributed by atoms with Crippen LogP contribution in [0.15, 0.2) is 67.0 Å². The van der Waals surface area contributed by atoms with Gasteiger partial charge in [0.1, 0.15) is 58.5 Å². The molecule has 0 aliphatic rings. The Bertz CT molecular complexity index is 2730. The number of hydrogen-bond acceptors (Lipinski definition) is 1. The van der Waals surface area contributed by atoms with Crippen LogP contribution in [-0.2, 0) is 6.54 Å². The Kier molecular flexibility index (Phi) is 12.8. The molecule has 0 saturated carbocycles. The summed E-state index contributed by atoms with van der Waals surface area (Å²) >= 11 is 0. The number of carbonyl (C=O) groups excluding carboxylic acids is 1. The lowest BCUT2D eigenvalue weighted by Crippen LogP contribution is -2.81. The quantitative estimate of drug-likeness (QED) is 0.0391. The average molecular weight is 945 g/mol. The molecule has 2 nitrogen and oxygen atoms in total. The highest BCUT2D eigenvalue weighted by Crippen LogP contribution is 2.31. The van der Waals surface area contributed by atoms with Crippen molar-refractivity contribution in [1.82, 2.24) is 0 Å². The zero-order valence-corrected chi connectivity index (χ0v) is 30.9. The van der Waals surface area contributed by atoms with Crippen molar-refractivity contribution >= 4 is 44.6 Å². The van der Waals surface area contributed by atoms with Gasteiger partial charge in [0.2, 0.25) is 12.3 Å². The number of ketones is 1. The Hall–Kier alpha value is -7.01. The molecule has 7 aromatic rings. The molecule has 7 rings (SSSR count). The second kappa shape index (κ2) is 17.5. The monoisotopic (exact) mass is 945 g/mol. The molecule has 0 N–H and O–H groups in total. The molecule has 65 heavy (non-hydrogen) atoms. The molecule has 0 aliphatic carbocycles. The summed E-state index contributed by atoms with van der Waals surface area (Å²) in [5.41, 5.74) is -13.6. The van der Waals surface area contributed by atoms with Crippen molar-refractivity contribution in [3.63, 3.8) is 0 Å². The van der Waals surface area contributed by atoms with Crippen molar-refractivity contribution in [2.24, 2.45) is 0 Å². The molecule has 338 valence electrons. The number of rotatable bonds is 7. The Morgan fingerprint density at radius 2 is 0.677 bits per heavy atom. The van der Waals surface area contributed by atoms with E-state index < -0.39 is 144 Å². The molecule has 0 saturated heterocycles. The van der Waals surface area contributed by atoms with Crippen molar-refractivity contribution in [3.05, 3.63) is 195 Å². The van der Waals surface area contributed by atoms with Gasteiger partial charge in [0.25, 0.3) is 0 Å². The zero-order chi connectivity index (χ0) is 48.3. The Labute approximate surface area is 347 Å². The standard InChI is InChI=1S/C24BF20.C17H13FNO/c26-5-1(6(27)14(35)21(42)13(5)34)25(2-7(28)15(36)22(43)16(37)8(2)29,3-9(30)17(38)23(44)18(39)10(3)31)4-11(32)19(40)24(45)20(41)12(4)33;18-16-7-6-15-11-19(9-8-14(15)10-16)12-17(20)13-4-2-1-3-5-13/h;1-11H,12H2/q-1;+1. The summed E-state index contributed by atoms with van der Waals surface area (Å²) in [5, 5.41) is 1.74. The number of benzene rings is 6. The molecule has 0 unspecified atom stereocenters. The first-order valence-electron chi connectivity index (χ1n) is 17.3. The van der Waals surface area contributed by atoms with Crippen LogP contribution < -0.4 is 26.4 Å². The SMILES string of the molecule is Fc1c(F)c(F)c([B-](c2c(F)c(F)c(F)c(F)c2F)(c2c(F)c(F)c(F)c(F)c2F)c2c(F)c(F)c(F)c(F)c2F)c(F)c1F.O=C(C[n+]1ccc2cc(F)ccc2c1)c1ccccc1. The van der Waals surface area contributed by atoms with Gasteiger partial charge >= 0.3 is 0 Å². The minimum absolute atomic E-state index is 0.0528. The molecule has 1 aromatic heterocycles. The maximum absolute atomic E-state index is 15.4. The second-order valence-corrected chi connectivity index (χ2v) is 13.5. The normalized spacial score (nSPS) is 11.6. The van der Waals surface area contributed by atoms with Gasteiger partial charge in [-0.15, -0.1) is 21.9 Å². The lowest BCUT2D eigenvalue weighted by molar-refractivity contribution is -0.681. The summed E-state index contributed by atoms with van der Waals surface area (Å²) in [5.74, 6) is -71.6. The van der Waals surface area contributed by atoms with Crippen LogP contribution in [0.5, 0.6) is 0 Å². The van der Waals surface area contributed by atoms with E-state index in [1.807, 2.05) is 35.0 Å². The van der Waals surface area contributed by atoms with E-state index in [0.29, 0.717) is 5.56 Å². The van der Waals surface area contributed by atoms with Crippen molar-refractivity contribution in [1.29, 1.82) is 0 Å². The molecule has 24 heteroatoms. The van der Waals surface area contributed by atoms with Crippen molar-refractivity contribution in [3.8, 4) is 0 Å². The fourth-order valence-corrected chi connectivity index (χ4v) is 7.06. The average Bonchev–Trinajstić information content (AvgIpc) is 3.29. The Morgan fingerprint density at radius 3 is 1.00 bits per heavy atom. The molecule has 0 radical (unpaired) electrons. The van der Waals surface area contributed by atoms with Gasteiger partial charge in [-0.25, -0.2) is 92.2 Å². The lowest BCUT2D eigenvalue weighted by Gasteiger charge is -2.44. The molecule has 0 fully saturated rings. The highest BCUT2D eigenvalue weighted by Gasteiger charge is 2.52. The number of nitrogens with zero attached hydrogens (tertiary/aromatic N) is 1. The van der Waals surface area contributed by atoms with E-state index in [9.17, 15) is 61.9 Å². The molecule has 0 spiro atoms. The van der Waals surface area contributed by atoms with Crippen LogP contribution in [0.2, 0.25) is 0 Å². The third kappa shape index (κ3) is 7.56. The van der Waals surface area contributed by atoms with E-state index in [0.717, 1.165) is 10.8 Å². The van der Waals surface area contributed by atoms with E-state index in [1.54, 1.807) is 24.4 Å². The van der Waals surface area contributed by atoms with Crippen LogP contribution >= 0.6 is 0 Å². The summed E-state index contributed by atoms with van der Waals surface area (Å²) in [6.45, 7) is 0.275. The molecule has 0 atom stereocenters. The Morgan fingerprint density at radius 1 is 0.369 bits per heavy atom. The van der Waals surface area contributed by atoms with Gasteiger partial charge in [-0.1, -0.05) is 30.3 Å². The predicted molar refractivity (Wildman–Crippen MR) is 184 cm³/mol. The van der Waals surface area contributed by atoms with Gasteiger partial charge in [0.15, 0.2) is 82.2 Å². The number of hydrogen-bond donors (Lipinski definition) is 0. The van der Waals surface area contributed by atoms with Gasteiger partial charge in [-0.05, 0) is 23.6 Å². The van der Waals surface area contributed by atoms with E-state index in [1.165, 1.54) is 12.1 Å². The highest BCUT2D eigenvalue weighted by atomic mass is 19.2. The third-order valence-electron chi connectivity index (χ3n) is 9.93. The van der Waals surface area contributed by atoms with Gasteiger partial charge in [-0.3, -0.25) is 4.79 Å². The topological polar surface area (TPSA) is 20.9 Å². The van der Waals surface area contributed by atoms with Crippen LogP contribution in [-0.4, -0.2) is 11.9 Å². The van der Waals surface area contributed by atoms with Gasteiger partial charge in [0, 0.05) is 17.0 Å². The minimum Gasteiger partial charge on any atom is -0.287 e. The molecular formula is C41H13BF21NO. The number of Topliss-reactive ketones (excluding diaryl/α,β-unsaturated/α-hetero) is 1. The molecule has 0 bridgehead atoms. The summed E-state index contributed by atoms with van der Waals surface area (Å²) < 4.78 is 309. The summed E-state index contributed by atoms with van der Waals surface area (Å²) in [6, 6.07) is 15.6. The fraction of sp³-hybridized carbons (Fsp3) is 0.0244. The van der Waals surface area contributed by atoms with Crippen LogP contribution in [0.25, 0.3) is 10.8 Å². The minimum atomic E-state index is -7.22. The predicted octanol–water partition coefficient (Wildman–Crippen LogP) is 9.00. The van der Waals surface area contributed by atoms with Crippen LogP contribution in [0.3, 0.4) is 0 Å². The van der Waals surface area contributed by atoms with E-state index in [4.69, 9.17) is 0 Å². The van der Waals surface area contributed by atoms with Gasteiger partial charge < -0.3 is 0 Å². The Balaban J connectivity index is 0.000000289. The van der Waals surface area contributed by atoms with Crippen LogP contribution in [0, 0.1) is 122 Å². The molecule has 0 amide bonds. The highest BCUT2D eigenvalue weighted by molar-refractivity contribution is 7.20. The van der Waals surface area contributed by atoms with E-state index >= 15 is 35.1 Å². The summed E-state index contributed by atoms with van der Waals surface area (Å²) in [7, 11) is 0. The number of pyridine rings is 1. The maximum Gasteiger partial charge on any atom is 0.227 e. The maximum atomic E-state index is 15.4. The molecular weight excluding hydrogens is 932 g/mol. The van der Waals surface area contributed by atoms with Crippen molar-refractivity contribution < 1.29 is 102 Å².